The topological polar surface area (TPSA) is 61.6 Å². The van der Waals surface area contributed by atoms with Gasteiger partial charge in [0, 0.05) is 39.3 Å². The van der Waals surface area contributed by atoms with Crippen LogP contribution in [0.25, 0.3) is 0 Å². The monoisotopic (exact) mass is 254 g/mol. The number of hydrogen-bond acceptors (Lipinski definition) is 4. The second-order valence-corrected chi connectivity index (χ2v) is 5.47. The van der Waals surface area contributed by atoms with Gasteiger partial charge in [-0.05, 0) is 25.8 Å². The fourth-order valence-electron chi connectivity index (χ4n) is 3.27. The van der Waals surface area contributed by atoms with Gasteiger partial charge in [0.15, 0.2) is 0 Å². The molecule has 18 heavy (non-hydrogen) atoms. The number of carbonyl (C=O) groups excluding carboxylic acids is 1. The third-order valence-electron chi connectivity index (χ3n) is 4.40. The van der Waals surface area contributed by atoms with Crippen LogP contribution in [0.3, 0.4) is 0 Å². The number of rotatable bonds is 4. The molecule has 2 rings (SSSR count). The quantitative estimate of drug-likeness (QED) is 0.718. The molecule has 0 spiro atoms. The summed E-state index contributed by atoms with van der Waals surface area (Å²) in [6.45, 7) is 9.15. The van der Waals surface area contributed by atoms with Crippen molar-refractivity contribution >= 4 is 5.91 Å². The lowest BCUT2D eigenvalue weighted by molar-refractivity contribution is -0.134. The average Bonchev–Trinajstić information content (AvgIpc) is 2.41. The Hall–Kier alpha value is -0.650. The smallest absolute Gasteiger partial charge is 0.238 e. The van der Waals surface area contributed by atoms with Crippen molar-refractivity contribution in [3.05, 3.63) is 0 Å². The van der Waals surface area contributed by atoms with Crippen molar-refractivity contribution in [2.24, 2.45) is 5.73 Å². The number of hydrogen-bond donors (Lipinski definition) is 2. The molecule has 5 nitrogen and oxygen atoms in total. The molecule has 1 amide bonds. The Balaban J connectivity index is 2.02. The third-order valence-corrected chi connectivity index (χ3v) is 4.40. The summed E-state index contributed by atoms with van der Waals surface area (Å²) in [6, 6.07) is 0. The predicted molar refractivity (Wildman–Crippen MR) is 72.3 cm³/mol. The summed E-state index contributed by atoms with van der Waals surface area (Å²) in [4.78, 5) is 16.7. The van der Waals surface area contributed by atoms with Crippen molar-refractivity contribution in [2.45, 2.75) is 31.7 Å². The number of nitrogens with one attached hydrogen (secondary N) is 1. The maximum atomic E-state index is 12.0. The lowest BCUT2D eigenvalue weighted by Gasteiger charge is -2.48. The molecule has 0 aromatic heterocycles. The average molecular weight is 254 g/mol. The molecule has 0 atom stereocenters. The van der Waals surface area contributed by atoms with Gasteiger partial charge in [0.05, 0.1) is 0 Å². The van der Waals surface area contributed by atoms with Crippen LogP contribution in [0.4, 0.5) is 0 Å². The molecule has 2 fully saturated rings. The van der Waals surface area contributed by atoms with Gasteiger partial charge in [-0.25, -0.2) is 0 Å². The van der Waals surface area contributed by atoms with Crippen LogP contribution in [-0.4, -0.2) is 67.1 Å². The van der Waals surface area contributed by atoms with Gasteiger partial charge in [-0.1, -0.05) is 6.92 Å². The van der Waals surface area contributed by atoms with Crippen LogP contribution < -0.4 is 11.1 Å². The summed E-state index contributed by atoms with van der Waals surface area (Å²) in [7, 11) is 0. The van der Waals surface area contributed by atoms with E-state index in [0.717, 1.165) is 58.7 Å². The summed E-state index contributed by atoms with van der Waals surface area (Å²) in [6.07, 6.45) is 2.96. The molecule has 0 aromatic rings. The van der Waals surface area contributed by atoms with Gasteiger partial charge in [0.1, 0.15) is 5.54 Å². The van der Waals surface area contributed by atoms with Gasteiger partial charge in [-0.3, -0.25) is 9.69 Å². The Morgan fingerprint density at radius 3 is 2.33 bits per heavy atom. The number of carbonyl (C=O) groups is 1. The Labute approximate surface area is 110 Å². The van der Waals surface area contributed by atoms with Crippen molar-refractivity contribution in [3.8, 4) is 0 Å². The Kier molecular flexibility index (Phi) is 4.59. The molecule has 2 heterocycles. The minimum atomic E-state index is -0.383. The molecule has 0 bridgehead atoms. The van der Waals surface area contributed by atoms with E-state index in [1.165, 1.54) is 6.42 Å². The first kappa shape index (κ1) is 13.8. The second-order valence-electron chi connectivity index (χ2n) is 5.47. The zero-order chi connectivity index (χ0) is 13.0. The molecule has 0 aliphatic carbocycles. The van der Waals surface area contributed by atoms with Gasteiger partial charge < -0.3 is 16.0 Å². The standard InChI is InChI=1S/C13H26N4O/c1-2-7-16-8-3-13(4-9-16,12(14)18)17-10-5-15-6-11-17/h15H,2-11H2,1H3,(H2,14,18). The van der Waals surface area contributed by atoms with E-state index in [-0.39, 0.29) is 11.4 Å². The molecule has 0 saturated carbocycles. The zero-order valence-corrected chi connectivity index (χ0v) is 11.5. The van der Waals surface area contributed by atoms with E-state index in [1.807, 2.05) is 0 Å². The number of piperazine rings is 1. The van der Waals surface area contributed by atoms with Crippen molar-refractivity contribution in [1.82, 2.24) is 15.1 Å². The summed E-state index contributed by atoms with van der Waals surface area (Å²) in [5.74, 6) is -0.124. The SMILES string of the molecule is CCCN1CCC(C(N)=O)(N2CCNCC2)CC1. The number of piperidine rings is 1. The second kappa shape index (κ2) is 5.99. The summed E-state index contributed by atoms with van der Waals surface area (Å²) < 4.78 is 0. The molecule has 5 heteroatoms. The molecule has 0 unspecified atom stereocenters. The van der Waals surface area contributed by atoms with Gasteiger partial charge in [0.2, 0.25) is 5.91 Å². The highest BCUT2D eigenvalue weighted by Gasteiger charge is 2.44. The Bertz CT molecular complexity index is 281. The maximum Gasteiger partial charge on any atom is 0.238 e. The van der Waals surface area contributed by atoms with E-state index >= 15 is 0 Å². The van der Waals surface area contributed by atoms with Crippen LogP contribution in [0.15, 0.2) is 0 Å². The van der Waals surface area contributed by atoms with Crippen molar-refractivity contribution in [3.63, 3.8) is 0 Å². The van der Waals surface area contributed by atoms with E-state index in [1.54, 1.807) is 0 Å². The fourth-order valence-corrected chi connectivity index (χ4v) is 3.27. The van der Waals surface area contributed by atoms with Crippen molar-refractivity contribution in [1.29, 1.82) is 0 Å². The van der Waals surface area contributed by atoms with E-state index in [9.17, 15) is 4.79 Å². The minimum absolute atomic E-state index is 0.124. The highest BCUT2D eigenvalue weighted by molar-refractivity contribution is 5.84. The van der Waals surface area contributed by atoms with Crippen LogP contribution in [0.5, 0.6) is 0 Å². The highest BCUT2D eigenvalue weighted by atomic mass is 16.1. The number of likely N-dealkylation sites (tertiary alicyclic amines) is 1. The van der Waals surface area contributed by atoms with E-state index in [4.69, 9.17) is 5.73 Å². The first-order chi connectivity index (χ1) is 8.69. The van der Waals surface area contributed by atoms with Crippen LogP contribution >= 0.6 is 0 Å². The molecule has 0 radical (unpaired) electrons. The third kappa shape index (κ3) is 2.68. The lowest BCUT2D eigenvalue weighted by atomic mass is 9.84. The summed E-state index contributed by atoms with van der Waals surface area (Å²) in [5.41, 5.74) is 5.35. The largest absolute Gasteiger partial charge is 0.368 e. The van der Waals surface area contributed by atoms with E-state index < -0.39 is 0 Å². The first-order valence-electron chi connectivity index (χ1n) is 7.17. The van der Waals surface area contributed by atoms with Gasteiger partial charge in [-0.2, -0.15) is 0 Å². The minimum Gasteiger partial charge on any atom is -0.368 e. The van der Waals surface area contributed by atoms with Gasteiger partial charge in [-0.15, -0.1) is 0 Å². The first-order valence-corrected chi connectivity index (χ1v) is 7.17. The molecular formula is C13H26N4O. The normalized spacial score (nSPS) is 26.1. The number of nitrogens with two attached hydrogens (primary N) is 1. The van der Waals surface area contributed by atoms with Crippen LogP contribution in [0, 0.1) is 0 Å². The van der Waals surface area contributed by atoms with E-state index in [2.05, 4.69) is 22.0 Å². The molecular weight excluding hydrogens is 228 g/mol. The Morgan fingerprint density at radius 2 is 1.83 bits per heavy atom. The fraction of sp³-hybridized carbons (Fsp3) is 0.923. The number of nitrogens with zero attached hydrogens (tertiary/aromatic N) is 2. The molecule has 0 aromatic carbocycles. The van der Waals surface area contributed by atoms with Gasteiger partial charge in [0.25, 0.3) is 0 Å². The summed E-state index contributed by atoms with van der Waals surface area (Å²) in [5, 5.41) is 3.33. The summed E-state index contributed by atoms with van der Waals surface area (Å²) >= 11 is 0. The molecule has 3 N–H and O–H groups in total. The van der Waals surface area contributed by atoms with Crippen molar-refractivity contribution in [2.75, 3.05) is 45.8 Å². The number of primary amides is 1. The zero-order valence-electron chi connectivity index (χ0n) is 11.5. The molecule has 104 valence electrons. The van der Waals surface area contributed by atoms with Crippen LogP contribution in [-0.2, 0) is 4.79 Å². The van der Waals surface area contributed by atoms with Crippen LogP contribution in [0.1, 0.15) is 26.2 Å². The Morgan fingerprint density at radius 1 is 1.22 bits per heavy atom. The van der Waals surface area contributed by atoms with Gasteiger partial charge >= 0.3 is 0 Å². The lowest BCUT2D eigenvalue weighted by Crippen LogP contribution is -2.65. The predicted octanol–water partition coefficient (Wildman–Crippen LogP) is -0.378. The maximum absolute atomic E-state index is 12.0. The van der Waals surface area contributed by atoms with Crippen LogP contribution in [0.2, 0.25) is 0 Å². The molecule has 2 aliphatic rings. The van der Waals surface area contributed by atoms with Crippen molar-refractivity contribution < 1.29 is 4.79 Å². The highest BCUT2D eigenvalue weighted by Crippen LogP contribution is 2.29. The van der Waals surface area contributed by atoms with E-state index in [0.29, 0.717) is 0 Å². The molecule has 2 aliphatic heterocycles. The molecule has 2 saturated heterocycles. The number of amides is 1.